The normalized spacial score (nSPS) is 27.5. The van der Waals surface area contributed by atoms with Crippen LogP contribution >= 0.6 is 0 Å². The zero-order valence-electron chi connectivity index (χ0n) is 21.7. The molecular formula is C31H30O9. The van der Waals surface area contributed by atoms with Crippen LogP contribution in [0.25, 0.3) is 0 Å². The second-order valence-corrected chi connectivity index (χ2v) is 9.70. The van der Waals surface area contributed by atoms with E-state index in [9.17, 15) is 14.4 Å². The largest absolute Gasteiger partial charge is 0.509 e. The van der Waals surface area contributed by atoms with Gasteiger partial charge in [0.15, 0.2) is 0 Å². The zero-order valence-corrected chi connectivity index (χ0v) is 21.7. The summed E-state index contributed by atoms with van der Waals surface area (Å²) < 4.78 is 35.7. The van der Waals surface area contributed by atoms with E-state index in [1.54, 1.807) is 0 Å². The third kappa shape index (κ3) is 5.91. The molecule has 5 rings (SSSR count). The molecule has 1 aliphatic heterocycles. The van der Waals surface area contributed by atoms with E-state index in [0.29, 0.717) is 6.29 Å². The molecule has 3 aromatic carbocycles. The maximum Gasteiger partial charge on any atom is 0.509 e. The van der Waals surface area contributed by atoms with Crippen molar-refractivity contribution in [2.45, 2.75) is 49.8 Å². The Hall–Kier alpha value is -4.05. The zero-order chi connectivity index (χ0) is 27.8. The maximum absolute atomic E-state index is 12.6. The topological polar surface area (TPSA) is 107 Å². The van der Waals surface area contributed by atoms with E-state index in [1.165, 1.54) is 0 Å². The molecule has 9 nitrogen and oxygen atoms in total. The first-order valence-corrected chi connectivity index (χ1v) is 13.0. The van der Waals surface area contributed by atoms with Crippen molar-refractivity contribution >= 4 is 18.9 Å². The van der Waals surface area contributed by atoms with Crippen LogP contribution in [0.4, 0.5) is 4.79 Å². The van der Waals surface area contributed by atoms with Crippen molar-refractivity contribution in [2.24, 2.45) is 5.92 Å². The predicted molar refractivity (Wildman–Crippen MR) is 141 cm³/mol. The van der Waals surface area contributed by atoms with E-state index < -0.39 is 42.1 Å². The van der Waals surface area contributed by atoms with Crippen molar-refractivity contribution in [3.8, 4) is 0 Å². The fourth-order valence-corrected chi connectivity index (χ4v) is 5.33. The van der Waals surface area contributed by atoms with Crippen LogP contribution in [-0.2, 0) is 57.8 Å². The summed E-state index contributed by atoms with van der Waals surface area (Å²) in [6, 6.07) is 28.2. The number of rotatable bonds is 12. The van der Waals surface area contributed by atoms with Gasteiger partial charge in [0.05, 0.1) is 25.7 Å². The molecule has 6 atom stereocenters. The lowest BCUT2D eigenvalue weighted by Gasteiger charge is -2.51. The van der Waals surface area contributed by atoms with E-state index in [1.807, 2.05) is 91.0 Å². The molecule has 1 saturated carbocycles. The Kier molecular flexibility index (Phi) is 8.85. The van der Waals surface area contributed by atoms with Crippen LogP contribution in [-0.4, -0.2) is 55.5 Å². The van der Waals surface area contributed by atoms with Gasteiger partial charge in [-0.05, 0) is 16.7 Å². The van der Waals surface area contributed by atoms with Crippen LogP contribution in [0.3, 0.4) is 0 Å². The van der Waals surface area contributed by atoms with Gasteiger partial charge in [-0.1, -0.05) is 91.0 Å². The number of hydrogen-bond acceptors (Lipinski definition) is 9. The van der Waals surface area contributed by atoms with Crippen LogP contribution in [0.2, 0.25) is 0 Å². The fraction of sp³-hybridized carbons (Fsp3) is 0.323. The monoisotopic (exact) mass is 546 g/mol. The summed E-state index contributed by atoms with van der Waals surface area (Å²) in [6.45, 7) is 0.387. The highest BCUT2D eigenvalue weighted by molar-refractivity contribution is 5.65. The van der Waals surface area contributed by atoms with Gasteiger partial charge in [0.1, 0.15) is 37.3 Å². The Bertz CT molecular complexity index is 1250. The molecule has 0 radical (unpaired) electrons. The van der Waals surface area contributed by atoms with E-state index in [4.69, 9.17) is 28.4 Å². The number of hydrogen-bond donors (Lipinski definition) is 0. The van der Waals surface area contributed by atoms with Crippen molar-refractivity contribution in [3.63, 3.8) is 0 Å². The minimum absolute atomic E-state index is 0.101. The number of ether oxygens (including phenoxy) is 6. The highest BCUT2D eigenvalue weighted by Gasteiger charge is 2.68. The summed E-state index contributed by atoms with van der Waals surface area (Å²) in [5.41, 5.74) is 0.991. The molecule has 1 saturated heterocycles. The summed E-state index contributed by atoms with van der Waals surface area (Å²) in [7, 11) is 0. The number of carbonyl (C=O) groups is 3. The molecule has 0 unspecified atom stereocenters. The molecule has 0 N–H and O–H groups in total. The Morgan fingerprint density at radius 2 is 1.20 bits per heavy atom. The third-order valence-corrected chi connectivity index (χ3v) is 7.20. The molecule has 9 heteroatoms. The quantitative estimate of drug-likeness (QED) is 0.246. The van der Waals surface area contributed by atoms with E-state index >= 15 is 0 Å². The molecule has 0 aromatic heterocycles. The van der Waals surface area contributed by atoms with Crippen LogP contribution in [0.1, 0.15) is 16.7 Å². The highest BCUT2D eigenvalue weighted by atomic mass is 16.8. The number of benzene rings is 3. The molecule has 208 valence electrons. The Labute approximate surface area is 231 Å². The minimum Gasteiger partial charge on any atom is -0.461 e. The first kappa shape index (κ1) is 27.5. The fourth-order valence-electron chi connectivity index (χ4n) is 5.33. The average molecular weight is 547 g/mol. The molecule has 40 heavy (non-hydrogen) atoms. The van der Waals surface area contributed by atoms with Crippen LogP contribution in [0.15, 0.2) is 91.0 Å². The van der Waals surface area contributed by atoms with Gasteiger partial charge in [0, 0.05) is 0 Å². The van der Waals surface area contributed by atoms with Crippen molar-refractivity contribution in [1.29, 1.82) is 0 Å². The Morgan fingerprint density at radius 1 is 0.700 bits per heavy atom. The smallest absolute Gasteiger partial charge is 0.461 e. The van der Waals surface area contributed by atoms with Gasteiger partial charge in [-0.3, -0.25) is 4.79 Å². The lowest BCUT2D eigenvalue weighted by Crippen LogP contribution is -2.72. The van der Waals surface area contributed by atoms with E-state index in [2.05, 4.69) is 0 Å². The molecule has 0 amide bonds. The Morgan fingerprint density at radius 3 is 1.65 bits per heavy atom. The van der Waals surface area contributed by atoms with Crippen molar-refractivity contribution < 1.29 is 42.8 Å². The van der Waals surface area contributed by atoms with Gasteiger partial charge in [0.25, 0.3) is 6.47 Å². The Balaban J connectivity index is 1.53. The standard InChI is InChI=1S/C31H30O9/c32-16-25-26(39-21-33)27(35-17-22-10-4-1-5-11-22)29(37-19-24-14-8-3-9-15-24)31(20-38-30(34)40-31)28(25)36-18-23-12-6-2-7-13-23/h1-16,21,25-29H,17-20H2/t25-,26-,27-,28+,29-,31+/m0/s1. The van der Waals surface area contributed by atoms with Gasteiger partial charge in [-0.2, -0.15) is 0 Å². The summed E-state index contributed by atoms with van der Waals surface area (Å²) in [5.74, 6) is -1.05. The molecular weight excluding hydrogens is 516 g/mol. The van der Waals surface area contributed by atoms with Gasteiger partial charge in [-0.25, -0.2) is 4.79 Å². The molecule has 3 aromatic rings. The van der Waals surface area contributed by atoms with Gasteiger partial charge < -0.3 is 33.2 Å². The summed E-state index contributed by atoms with van der Waals surface area (Å²) >= 11 is 0. The average Bonchev–Trinajstić information content (AvgIpc) is 3.39. The van der Waals surface area contributed by atoms with Crippen molar-refractivity contribution in [2.75, 3.05) is 6.61 Å². The first-order valence-electron chi connectivity index (χ1n) is 13.0. The summed E-state index contributed by atoms with van der Waals surface area (Å²) in [5, 5.41) is 0. The second-order valence-electron chi connectivity index (χ2n) is 9.70. The molecule has 0 bridgehead atoms. The van der Waals surface area contributed by atoms with Crippen LogP contribution in [0, 0.1) is 5.92 Å². The van der Waals surface area contributed by atoms with Crippen molar-refractivity contribution in [3.05, 3.63) is 108 Å². The molecule has 1 spiro atoms. The SMILES string of the molecule is O=CO[C@H]1[C@H](C=O)[C@@H](OCc2ccccc2)[C@]2(COC(=O)O2)[C@@H](OCc2ccccc2)[C@H]1OCc1ccccc1. The van der Waals surface area contributed by atoms with E-state index in [-0.39, 0.29) is 32.9 Å². The predicted octanol–water partition coefficient (Wildman–Crippen LogP) is 4.02. The summed E-state index contributed by atoms with van der Waals surface area (Å²) in [6.07, 6.45) is -4.46. The first-order chi connectivity index (χ1) is 19.6. The second kappa shape index (κ2) is 12.9. The lowest BCUT2D eigenvalue weighted by atomic mass is 9.70. The third-order valence-electron chi connectivity index (χ3n) is 7.20. The molecule has 1 heterocycles. The molecule has 2 fully saturated rings. The molecule has 1 aliphatic carbocycles. The van der Waals surface area contributed by atoms with Gasteiger partial charge in [0.2, 0.25) is 5.60 Å². The maximum atomic E-state index is 12.6. The van der Waals surface area contributed by atoms with Gasteiger partial charge >= 0.3 is 6.16 Å². The summed E-state index contributed by atoms with van der Waals surface area (Å²) in [4.78, 5) is 36.8. The molecule has 2 aliphatic rings. The van der Waals surface area contributed by atoms with Crippen molar-refractivity contribution in [1.82, 2.24) is 0 Å². The minimum atomic E-state index is -1.56. The lowest BCUT2D eigenvalue weighted by molar-refractivity contribution is -0.275. The van der Waals surface area contributed by atoms with Crippen LogP contribution in [0.5, 0.6) is 0 Å². The number of cyclic esters (lactones) is 1. The highest BCUT2D eigenvalue weighted by Crippen LogP contribution is 2.45. The number of aldehydes is 1. The van der Waals surface area contributed by atoms with E-state index in [0.717, 1.165) is 16.7 Å². The number of carbonyl (C=O) groups excluding carboxylic acids is 3. The van der Waals surface area contributed by atoms with Crippen LogP contribution < -0.4 is 0 Å². The van der Waals surface area contributed by atoms with Gasteiger partial charge in [-0.15, -0.1) is 0 Å².